The average molecular weight is 317 g/mol. The second-order valence-corrected chi connectivity index (χ2v) is 6.33. The van der Waals surface area contributed by atoms with Gasteiger partial charge < -0.3 is 15.2 Å². The smallest absolute Gasteiger partial charge is 0.224 e. The fraction of sp³-hybridized carbons (Fsp3) is 0.526. The molecule has 0 aliphatic heterocycles. The minimum atomic E-state index is 0.0345. The van der Waals surface area contributed by atoms with Crippen LogP contribution < -0.4 is 10.1 Å². The van der Waals surface area contributed by atoms with E-state index in [1.165, 1.54) is 26.4 Å². The second kappa shape index (κ2) is 8.61. The first-order valence-corrected chi connectivity index (χ1v) is 8.38. The third-order valence-corrected chi connectivity index (χ3v) is 4.60. The van der Waals surface area contributed by atoms with Gasteiger partial charge in [0.05, 0.1) is 13.5 Å². The SMILES string of the molecule is C=CCC[C@H]1CC[C@H](NC(=O)Cc2ccc(O)c(OC)c2)CC1. The van der Waals surface area contributed by atoms with Crippen molar-refractivity contribution in [1.82, 2.24) is 5.32 Å². The van der Waals surface area contributed by atoms with Gasteiger partial charge in [0.1, 0.15) is 0 Å². The summed E-state index contributed by atoms with van der Waals surface area (Å²) >= 11 is 0. The number of allylic oxidation sites excluding steroid dienone is 1. The van der Waals surface area contributed by atoms with Gasteiger partial charge >= 0.3 is 0 Å². The summed E-state index contributed by atoms with van der Waals surface area (Å²) in [6.45, 7) is 3.78. The number of rotatable bonds is 7. The Hall–Kier alpha value is -1.97. The number of carbonyl (C=O) groups is 1. The summed E-state index contributed by atoms with van der Waals surface area (Å²) < 4.78 is 5.07. The van der Waals surface area contributed by atoms with Crippen molar-refractivity contribution in [1.29, 1.82) is 0 Å². The minimum Gasteiger partial charge on any atom is -0.504 e. The van der Waals surface area contributed by atoms with Crippen molar-refractivity contribution in [2.45, 2.75) is 51.0 Å². The number of hydrogen-bond donors (Lipinski definition) is 2. The number of aromatic hydroxyl groups is 1. The molecule has 0 heterocycles. The predicted octanol–water partition coefficient (Wildman–Crippen LogP) is 3.58. The molecule has 0 saturated heterocycles. The number of phenols is 1. The van der Waals surface area contributed by atoms with Gasteiger partial charge in [0.15, 0.2) is 11.5 Å². The Labute approximate surface area is 138 Å². The van der Waals surface area contributed by atoms with Gasteiger partial charge in [-0.15, -0.1) is 6.58 Å². The number of nitrogens with one attached hydrogen (secondary N) is 1. The Morgan fingerprint density at radius 3 is 2.78 bits per heavy atom. The Balaban J connectivity index is 1.78. The Bertz CT molecular complexity index is 533. The number of phenolic OH excluding ortho intramolecular Hbond substituents is 1. The van der Waals surface area contributed by atoms with Crippen molar-refractivity contribution in [2.75, 3.05) is 7.11 Å². The molecule has 23 heavy (non-hydrogen) atoms. The molecule has 4 nitrogen and oxygen atoms in total. The zero-order valence-corrected chi connectivity index (χ0v) is 13.9. The number of carbonyl (C=O) groups excluding carboxylic acids is 1. The molecule has 1 saturated carbocycles. The highest BCUT2D eigenvalue weighted by atomic mass is 16.5. The maximum Gasteiger partial charge on any atom is 0.224 e. The van der Waals surface area contributed by atoms with Gasteiger partial charge in [-0.05, 0) is 62.1 Å². The van der Waals surface area contributed by atoms with Gasteiger partial charge in [-0.25, -0.2) is 0 Å². The molecular weight excluding hydrogens is 290 g/mol. The van der Waals surface area contributed by atoms with Crippen LogP contribution in [0.25, 0.3) is 0 Å². The lowest BCUT2D eigenvalue weighted by molar-refractivity contribution is -0.121. The summed E-state index contributed by atoms with van der Waals surface area (Å²) in [4.78, 5) is 12.2. The van der Waals surface area contributed by atoms with E-state index in [0.29, 0.717) is 18.2 Å². The monoisotopic (exact) mass is 317 g/mol. The normalized spacial score (nSPS) is 20.7. The van der Waals surface area contributed by atoms with Crippen LogP contribution in [0.1, 0.15) is 44.1 Å². The second-order valence-electron chi connectivity index (χ2n) is 6.33. The number of hydrogen-bond acceptors (Lipinski definition) is 3. The topological polar surface area (TPSA) is 58.6 Å². The molecule has 0 spiro atoms. The molecule has 0 unspecified atom stereocenters. The van der Waals surface area contributed by atoms with Gasteiger partial charge in [0, 0.05) is 6.04 Å². The van der Waals surface area contributed by atoms with Crippen molar-refractivity contribution in [3.63, 3.8) is 0 Å². The van der Waals surface area contributed by atoms with Crippen LogP contribution in [0.4, 0.5) is 0 Å². The van der Waals surface area contributed by atoms with E-state index < -0.39 is 0 Å². The third-order valence-electron chi connectivity index (χ3n) is 4.60. The minimum absolute atomic E-state index is 0.0345. The van der Waals surface area contributed by atoms with Crippen LogP contribution >= 0.6 is 0 Å². The van der Waals surface area contributed by atoms with Crippen LogP contribution in [0.15, 0.2) is 30.9 Å². The van der Waals surface area contributed by atoms with Crippen molar-refractivity contribution >= 4 is 5.91 Å². The summed E-state index contributed by atoms with van der Waals surface area (Å²) in [6.07, 6.45) is 9.10. The average Bonchev–Trinajstić information content (AvgIpc) is 2.56. The highest BCUT2D eigenvalue weighted by molar-refractivity contribution is 5.79. The van der Waals surface area contributed by atoms with Crippen LogP contribution in [0.2, 0.25) is 0 Å². The molecule has 0 radical (unpaired) electrons. The Kier molecular flexibility index (Phi) is 6.51. The largest absolute Gasteiger partial charge is 0.504 e. The number of benzene rings is 1. The zero-order chi connectivity index (χ0) is 16.7. The molecule has 0 atom stereocenters. The first kappa shape index (κ1) is 17.4. The molecule has 0 aromatic heterocycles. The van der Waals surface area contributed by atoms with E-state index in [4.69, 9.17) is 4.74 Å². The lowest BCUT2D eigenvalue weighted by Crippen LogP contribution is -2.38. The Morgan fingerprint density at radius 2 is 2.13 bits per heavy atom. The van der Waals surface area contributed by atoms with Gasteiger partial charge in [-0.2, -0.15) is 0 Å². The molecule has 2 N–H and O–H groups in total. The van der Waals surface area contributed by atoms with E-state index in [-0.39, 0.29) is 11.7 Å². The van der Waals surface area contributed by atoms with Crippen LogP contribution in [-0.2, 0) is 11.2 Å². The molecule has 1 aromatic rings. The van der Waals surface area contributed by atoms with Crippen molar-refractivity contribution in [2.24, 2.45) is 5.92 Å². The lowest BCUT2D eigenvalue weighted by atomic mass is 9.83. The molecule has 0 bridgehead atoms. The first-order valence-electron chi connectivity index (χ1n) is 8.38. The van der Waals surface area contributed by atoms with E-state index in [1.54, 1.807) is 18.2 Å². The van der Waals surface area contributed by atoms with Crippen molar-refractivity contribution in [3.05, 3.63) is 36.4 Å². The summed E-state index contributed by atoms with van der Waals surface area (Å²) in [5.74, 6) is 1.31. The van der Waals surface area contributed by atoms with E-state index in [0.717, 1.165) is 30.7 Å². The number of amides is 1. The van der Waals surface area contributed by atoms with E-state index in [9.17, 15) is 9.90 Å². The summed E-state index contributed by atoms with van der Waals surface area (Å²) in [5, 5.41) is 12.7. The summed E-state index contributed by atoms with van der Waals surface area (Å²) in [5.41, 5.74) is 0.844. The molecule has 2 rings (SSSR count). The highest BCUT2D eigenvalue weighted by Crippen LogP contribution is 2.28. The third kappa shape index (κ3) is 5.31. The predicted molar refractivity (Wildman–Crippen MR) is 91.7 cm³/mol. The fourth-order valence-corrected chi connectivity index (χ4v) is 3.25. The molecule has 1 amide bonds. The van der Waals surface area contributed by atoms with Crippen LogP contribution in [0.3, 0.4) is 0 Å². The van der Waals surface area contributed by atoms with E-state index in [1.807, 2.05) is 6.08 Å². The van der Waals surface area contributed by atoms with E-state index in [2.05, 4.69) is 11.9 Å². The molecule has 1 aliphatic rings. The summed E-state index contributed by atoms with van der Waals surface area (Å²) in [6, 6.07) is 5.32. The molecule has 1 fully saturated rings. The fourth-order valence-electron chi connectivity index (χ4n) is 3.25. The van der Waals surface area contributed by atoms with Gasteiger partial charge in [-0.3, -0.25) is 4.79 Å². The van der Waals surface area contributed by atoms with E-state index >= 15 is 0 Å². The summed E-state index contributed by atoms with van der Waals surface area (Å²) in [7, 11) is 1.50. The Morgan fingerprint density at radius 1 is 1.39 bits per heavy atom. The van der Waals surface area contributed by atoms with Gasteiger partial charge in [0.2, 0.25) is 5.91 Å². The molecule has 1 aromatic carbocycles. The molecular formula is C19H27NO3. The van der Waals surface area contributed by atoms with Crippen LogP contribution in [0.5, 0.6) is 11.5 Å². The zero-order valence-electron chi connectivity index (χ0n) is 13.9. The number of methoxy groups -OCH3 is 1. The highest BCUT2D eigenvalue weighted by Gasteiger charge is 2.22. The van der Waals surface area contributed by atoms with Crippen molar-refractivity contribution < 1.29 is 14.6 Å². The first-order chi connectivity index (χ1) is 11.1. The quantitative estimate of drug-likeness (QED) is 0.756. The molecule has 1 aliphatic carbocycles. The maximum absolute atomic E-state index is 12.2. The van der Waals surface area contributed by atoms with Crippen LogP contribution in [0, 0.1) is 5.92 Å². The van der Waals surface area contributed by atoms with Crippen LogP contribution in [-0.4, -0.2) is 24.2 Å². The standard InChI is InChI=1S/C19H27NO3/c1-3-4-5-14-6-9-16(10-7-14)20-19(22)13-15-8-11-17(21)18(12-15)23-2/h3,8,11-12,14,16,21H,1,4-7,9-10,13H2,2H3,(H,20,22)/t14-,16-. The molecule has 4 heteroatoms. The lowest BCUT2D eigenvalue weighted by Gasteiger charge is -2.29. The number of ether oxygens (including phenoxy) is 1. The van der Waals surface area contributed by atoms with Gasteiger partial charge in [-0.1, -0.05) is 12.1 Å². The van der Waals surface area contributed by atoms with Crippen molar-refractivity contribution in [3.8, 4) is 11.5 Å². The molecule has 126 valence electrons. The van der Waals surface area contributed by atoms with Gasteiger partial charge in [0.25, 0.3) is 0 Å². The maximum atomic E-state index is 12.2.